The lowest BCUT2D eigenvalue weighted by atomic mass is 10.2. The van der Waals surface area contributed by atoms with Crippen molar-refractivity contribution < 1.29 is 14.3 Å². The van der Waals surface area contributed by atoms with E-state index in [2.05, 4.69) is 35.1 Å². The molecular formula is C21H26BrNO3. The first-order chi connectivity index (χ1) is 12.6. The molecule has 0 bridgehead atoms. The highest BCUT2D eigenvalue weighted by Gasteiger charge is 2.10. The molecule has 0 spiro atoms. The van der Waals surface area contributed by atoms with Crippen molar-refractivity contribution in [1.82, 2.24) is 0 Å². The number of halogens is 1. The molecular weight excluding hydrogens is 394 g/mol. The van der Waals surface area contributed by atoms with Crippen LogP contribution in [0, 0.1) is 0 Å². The number of unbranched alkanes of at least 4 members (excludes halogenated alkanes) is 2. The molecule has 0 heterocycles. The molecule has 0 unspecified atom stereocenters. The summed E-state index contributed by atoms with van der Waals surface area (Å²) in [6.07, 6.45) is 4.23. The first-order valence-electron chi connectivity index (χ1n) is 9.10. The number of amides is 1. The van der Waals surface area contributed by atoms with Crippen molar-refractivity contribution in [1.29, 1.82) is 0 Å². The fraction of sp³-hybridized carbons (Fsp3) is 0.381. The lowest BCUT2D eigenvalue weighted by Crippen LogP contribution is -2.12. The van der Waals surface area contributed by atoms with Gasteiger partial charge in [0.05, 0.1) is 17.7 Å². The van der Waals surface area contributed by atoms with Crippen molar-refractivity contribution in [3.05, 3.63) is 52.5 Å². The minimum atomic E-state index is -0.162. The molecule has 0 fully saturated rings. The topological polar surface area (TPSA) is 47.6 Å². The summed E-state index contributed by atoms with van der Waals surface area (Å²) in [5, 5.41) is 2.90. The second-order valence-corrected chi connectivity index (χ2v) is 6.88. The van der Waals surface area contributed by atoms with E-state index in [0.717, 1.165) is 47.3 Å². The van der Waals surface area contributed by atoms with Gasteiger partial charge in [0, 0.05) is 11.3 Å². The molecule has 26 heavy (non-hydrogen) atoms. The predicted octanol–water partition coefficient (Wildman–Crippen LogP) is 6.06. The van der Waals surface area contributed by atoms with Crippen LogP contribution >= 0.6 is 15.9 Å². The van der Waals surface area contributed by atoms with E-state index in [1.807, 2.05) is 30.3 Å². The van der Waals surface area contributed by atoms with Crippen LogP contribution < -0.4 is 14.8 Å². The van der Waals surface area contributed by atoms with Gasteiger partial charge in [0.2, 0.25) is 0 Å². The largest absolute Gasteiger partial charge is 0.494 e. The summed E-state index contributed by atoms with van der Waals surface area (Å²) >= 11 is 3.47. The van der Waals surface area contributed by atoms with E-state index < -0.39 is 0 Å². The summed E-state index contributed by atoms with van der Waals surface area (Å²) in [7, 11) is 0. The molecule has 1 N–H and O–H groups in total. The molecule has 140 valence electrons. The van der Waals surface area contributed by atoms with Crippen LogP contribution in [-0.2, 0) is 0 Å². The second-order valence-electron chi connectivity index (χ2n) is 6.03. The minimum Gasteiger partial charge on any atom is -0.494 e. The van der Waals surface area contributed by atoms with Crippen LogP contribution in [0.25, 0.3) is 0 Å². The number of carbonyl (C=O) groups excluding carboxylic acids is 1. The van der Waals surface area contributed by atoms with Crippen LogP contribution in [0.15, 0.2) is 46.9 Å². The van der Waals surface area contributed by atoms with Crippen molar-refractivity contribution in [2.75, 3.05) is 18.5 Å². The number of ether oxygens (including phenoxy) is 2. The van der Waals surface area contributed by atoms with Crippen molar-refractivity contribution in [3.8, 4) is 11.5 Å². The highest BCUT2D eigenvalue weighted by Crippen LogP contribution is 2.27. The zero-order valence-electron chi connectivity index (χ0n) is 15.4. The Bertz CT molecular complexity index is 701. The standard InChI is InChI=1S/C21H26BrNO3/c1-3-5-13-25-18-10-8-17(9-11-18)23-21(24)16-7-12-20(19(22)15-16)26-14-6-4-2/h7-12,15H,3-6,13-14H2,1-2H3,(H,23,24). The molecule has 2 aromatic carbocycles. The lowest BCUT2D eigenvalue weighted by Gasteiger charge is -2.10. The van der Waals surface area contributed by atoms with Gasteiger partial charge in [-0.15, -0.1) is 0 Å². The maximum Gasteiger partial charge on any atom is 0.255 e. The number of nitrogens with one attached hydrogen (secondary N) is 1. The zero-order chi connectivity index (χ0) is 18.8. The molecule has 0 saturated heterocycles. The van der Waals surface area contributed by atoms with Crippen LogP contribution in [0.3, 0.4) is 0 Å². The Morgan fingerprint density at radius 3 is 2.23 bits per heavy atom. The SMILES string of the molecule is CCCCOc1ccc(NC(=O)c2ccc(OCCCC)c(Br)c2)cc1. The molecule has 0 saturated carbocycles. The van der Waals surface area contributed by atoms with E-state index in [4.69, 9.17) is 9.47 Å². The summed E-state index contributed by atoms with van der Waals surface area (Å²) < 4.78 is 12.1. The molecule has 2 rings (SSSR count). The highest BCUT2D eigenvalue weighted by atomic mass is 79.9. The first-order valence-corrected chi connectivity index (χ1v) is 9.90. The monoisotopic (exact) mass is 419 g/mol. The summed E-state index contributed by atoms with van der Waals surface area (Å²) in [4.78, 5) is 12.4. The normalized spacial score (nSPS) is 10.4. The summed E-state index contributed by atoms with van der Waals surface area (Å²) in [5.74, 6) is 1.40. The highest BCUT2D eigenvalue weighted by molar-refractivity contribution is 9.10. The van der Waals surface area contributed by atoms with Gasteiger partial charge < -0.3 is 14.8 Å². The fourth-order valence-electron chi connectivity index (χ4n) is 2.26. The maximum absolute atomic E-state index is 12.4. The third-order valence-corrected chi connectivity index (χ3v) is 4.45. The van der Waals surface area contributed by atoms with Gasteiger partial charge in [0.1, 0.15) is 11.5 Å². The van der Waals surface area contributed by atoms with E-state index in [1.54, 1.807) is 12.1 Å². The Hall–Kier alpha value is -2.01. The molecule has 5 heteroatoms. The van der Waals surface area contributed by atoms with Gasteiger partial charge in [0.15, 0.2) is 0 Å². The molecule has 2 aromatic rings. The fourth-order valence-corrected chi connectivity index (χ4v) is 2.75. The molecule has 0 aliphatic heterocycles. The Morgan fingerprint density at radius 1 is 0.962 bits per heavy atom. The Morgan fingerprint density at radius 2 is 1.62 bits per heavy atom. The number of carbonyl (C=O) groups is 1. The van der Waals surface area contributed by atoms with Gasteiger partial charge in [-0.2, -0.15) is 0 Å². The third-order valence-electron chi connectivity index (χ3n) is 3.83. The molecule has 0 aromatic heterocycles. The Labute approximate surface area is 164 Å². The van der Waals surface area contributed by atoms with E-state index in [9.17, 15) is 4.79 Å². The van der Waals surface area contributed by atoms with Gasteiger partial charge >= 0.3 is 0 Å². The van der Waals surface area contributed by atoms with Gasteiger partial charge in [0.25, 0.3) is 5.91 Å². The minimum absolute atomic E-state index is 0.162. The number of rotatable bonds is 10. The predicted molar refractivity (Wildman–Crippen MR) is 109 cm³/mol. The van der Waals surface area contributed by atoms with Crippen molar-refractivity contribution in [2.45, 2.75) is 39.5 Å². The number of benzene rings is 2. The van der Waals surface area contributed by atoms with E-state index >= 15 is 0 Å². The van der Waals surface area contributed by atoms with Crippen molar-refractivity contribution in [3.63, 3.8) is 0 Å². The molecule has 1 amide bonds. The smallest absolute Gasteiger partial charge is 0.255 e. The number of hydrogen-bond donors (Lipinski definition) is 1. The average Bonchev–Trinajstić information content (AvgIpc) is 2.65. The number of anilines is 1. The van der Waals surface area contributed by atoms with Crippen LogP contribution in [-0.4, -0.2) is 19.1 Å². The average molecular weight is 420 g/mol. The van der Waals surface area contributed by atoms with Gasteiger partial charge in [-0.05, 0) is 71.2 Å². The Kier molecular flexibility index (Phi) is 8.48. The van der Waals surface area contributed by atoms with E-state index in [1.165, 1.54) is 0 Å². The quantitative estimate of drug-likeness (QED) is 0.476. The molecule has 0 radical (unpaired) electrons. The van der Waals surface area contributed by atoms with E-state index in [-0.39, 0.29) is 5.91 Å². The van der Waals surface area contributed by atoms with Crippen molar-refractivity contribution in [2.24, 2.45) is 0 Å². The van der Waals surface area contributed by atoms with Crippen LogP contribution in [0.5, 0.6) is 11.5 Å². The molecule has 0 aliphatic rings. The molecule has 0 aliphatic carbocycles. The van der Waals surface area contributed by atoms with Crippen LogP contribution in [0.1, 0.15) is 49.9 Å². The van der Waals surface area contributed by atoms with Gasteiger partial charge in [-0.1, -0.05) is 26.7 Å². The molecule has 0 atom stereocenters. The Balaban J connectivity index is 1.93. The van der Waals surface area contributed by atoms with Gasteiger partial charge in [-0.25, -0.2) is 0 Å². The first kappa shape index (κ1) is 20.3. The summed E-state index contributed by atoms with van der Waals surface area (Å²) in [6, 6.07) is 12.8. The van der Waals surface area contributed by atoms with Crippen LogP contribution in [0.4, 0.5) is 5.69 Å². The second kappa shape index (κ2) is 10.9. The zero-order valence-corrected chi connectivity index (χ0v) is 17.0. The third kappa shape index (κ3) is 6.37. The van der Waals surface area contributed by atoms with Crippen molar-refractivity contribution >= 4 is 27.5 Å². The van der Waals surface area contributed by atoms with Gasteiger partial charge in [-0.3, -0.25) is 4.79 Å². The maximum atomic E-state index is 12.4. The number of hydrogen-bond acceptors (Lipinski definition) is 3. The lowest BCUT2D eigenvalue weighted by molar-refractivity contribution is 0.102. The molecule has 4 nitrogen and oxygen atoms in total. The van der Waals surface area contributed by atoms with Crippen LogP contribution in [0.2, 0.25) is 0 Å². The summed E-state index contributed by atoms with van der Waals surface area (Å²) in [5.41, 5.74) is 1.31. The summed E-state index contributed by atoms with van der Waals surface area (Å²) in [6.45, 7) is 5.64. The van der Waals surface area contributed by atoms with E-state index in [0.29, 0.717) is 18.8 Å².